The van der Waals surface area contributed by atoms with Crippen LogP contribution in [0, 0.1) is 0 Å². The Balaban J connectivity index is 3.53. The largest absolute Gasteiger partial charge is 0.391 e. The Hall–Kier alpha value is -0.123. The molecule has 2 unspecified atom stereocenters. The maximum Gasteiger partial charge on any atom is 0.361 e. The minimum Gasteiger partial charge on any atom is -0.391 e. The van der Waals surface area contributed by atoms with Crippen molar-refractivity contribution in [3.05, 3.63) is 12.3 Å². The van der Waals surface area contributed by atoms with E-state index in [1.807, 2.05) is 5.70 Å². The van der Waals surface area contributed by atoms with Gasteiger partial charge < -0.3 is 8.85 Å². The standard InChI is InChI=1S/C27H56O2Si/c1-6-10-12-13-14-15-16-17-18-19-20-21-22-23-24-26-28-30(5,9-4)29-27(8-3)25-11-7-2/h9,27H,4,6-8,10-26H2,1-3,5H3. The van der Waals surface area contributed by atoms with E-state index in [9.17, 15) is 0 Å². The lowest BCUT2D eigenvalue weighted by Gasteiger charge is -2.29. The Morgan fingerprint density at radius 2 is 1.10 bits per heavy atom. The molecule has 0 amide bonds. The Kier molecular flexibility index (Phi) is 22.0. The number of rotatable bonds is 24. The van der Waals surface area contributed by atoms with E-state index < -0.39 is 8.56 Å². The van der Waals surface area contributed by atoms with Gasteiger partial charge in [0.05, 0.1) is 0 Å². The molecule has 0 rings (SSSR count). The summed E-state index contributed by atoms with van der Waals surface area (Å²) in [5.41, 5.74) is 1.97. The van der Waals surface area contributed by atoms with Crippen LogP contribution in [-0.2, 0) is 8.85 Å². The van der Waals surface area contributed by atoms with Gasteiger partial charge in [-0.1, -0.05) is 124 Å². The summed E-state index contributed by atoms with van der Waals surface area (Å²) in [6.07, 6.45) is 26.0. The zero-order valence-corrected chi connectivity index (χ0v) is 22.3. The van der Waals surface area contributed by atoms with E-state index in [2.05, 4.69) is 33.9 Å². The average molecular weight is 441 g/mol. The highest BCUT2D eigenvalue weighted by molar-refractivity contribution is 6.71. The van der Waals surface area contributed by atoms with Gasteiger partial charge in [0.25, 0.3) is 0 Å². The van der Waals surface area contributed by atoms with Crippen LogP contribution in [0.25, 0.3) is 0 Å². The van der Waals surface area contributed by atoms with Crippen molar-refractivity contribution in [2.75, 3.05) is 6.61 Å². The molecule has 0 aliphatic heterocycles. The smallest absolute Gasteiger partial charge is 0.361 e. The normalized spacial score (nSPS) is 14.5. The molecular weight excluding hydrogens is 384 g/mol. The van der Waals surface area contributed by atoms with Crippen molar-refractivity contribution >= 4 is 8.56 Å². The molecule has 3 heteroatoms. The Labute approximate surface area is 191 Å². The van der Waals surface area contributed by atoms with E-state index in [1.54, 1.807) is 0 Å². The molecule has 0 radical (unpaired) electrons. The third kappa shape index (κ3) is 18.6. The summed E-state index contributed by atoms with van der Waals surface area (Å²) >= 11 is 0. The van der Waals surface area contributed by atoms with Crippen LogP contribution in [0.15, 0.2) is 12.3 Å². The van der Waals surface area contributed by atoms with Gasteiger partial charge in [0, 0.05) is 12.7 Å². The van der Waals surface area contributed by atoms with Gasteiger partial charge in [-0.25, -0.2) is 0 Å². The van der Waals surface area contributed by atoms with Crippen molar-refractivity contribution in [2.24, 2.45) is 0 Å². The van der Waals surface area contributed by atoms with Crippen LogP contribution in [0.4, 0.5) is 0 Å². The van der Waals surface area contributed by atoms with Crippen LogP contribution in [0.1, 0.15) is 143 Å². The lowest BCUT2D eigenvalue weighted by atomic mass is 10.0. The van der Waals surface area contributed by atoms with Gasteiger partial charge in [-0.3, -0.25) is 0 Å². The minimum absolute atomic E-state index is 0.334. The van der Waals surface area contributed by atoms with E-state index in [-0.39, 0.29) is 0 Å². The van der Waals surface area contributed by atoms with Gasteiger partial charge in [0.2, 0.25) is 0 Å². The first-order valence-corrected chi connectivity index (χ1v) is 16.0. The fourth-order valence-electron chi connectivity index (χ4n) is 4.00. The van der Waals surface area contributed by atoms with E-state index in [1.165, 1.54) is 103 Å². The fraction of sp³-hybridized carbons (Fsp3) is 0.926. The molecule has 180 valence electrons. The summed E-state index contributed by atoms with van der Waals surface area (Å²) in [7, 11) is -2.20. The fourth-order valence-corrected chi connectivity index (χ4v) is 5.78. The molecule has 0 aliphatic carbocycles. The zero-order valence-electron chi connectivity index (χ0n) is 21.3. The van der Waals surface area contributed by atoms with E-state index in [0.717, 1.165) is 25.9 Å². The predicted octanol–water partition coefficient (Wildman–Crippen LogP) is 9.66. The minimum atomic E-state index is -2.20. The third-order valence-electron chi connectivity index (χ3n) is 6.24. The molecule has 0 heterocycles. The van der Waals surface area contributed by atoms with Crippen molar-refractivity contribution in [2.45, 2.75) is 155 Å². The van der Waals surface area contributed by atoms with Crippen molar-refractivity contribution in [1.82, 2.24) is 0 Å². The molecule has 0 saturated heterocycles. The quantitative estimate of drug-likeness (QED) is 0.110. The van der Waals surface area contributed by atoms with Gasteiger partial charge in [-0.15, -0.1) is 6.58 Å². The number of hydrogen-bond acceptors (Lipinski definition) is 2. The van der Waals surface area contributed by atoms with Crippen LogP contribution in [-0.4, -0.2) is 21.3 Å². The lowest BCUT2D eigenvalue weighted by molar-refractivity contribution is 0.112. The number of unbranched alkanes of at least 4 members (excludes halogenated alkanes) is 15. The molecule has 30 heavy (non-hydrogen) atoms. The molecule has 0 aromatic heterocycles. The maximum atomic E-state index is 6.36. The summed E-state index contributed by atoms with van der Waals surface area (Å²) in [5.74, 6) is 0. The van der Waals surface area contributed by atoms with Crippen molar-refractivity contribution in [1.29, 1.82) is 0 Å². The second kappa shape index (κ2) is 22.1. The molecule has 0 saturated carbocycles. The van der Waals surface area contributed by atoms with Gasteiger partial charge in [-0.2, -0.15) is 0 Å². The second-order valence-electron chi connectivity index (χ2n) is 9.31. The highest BCUT2D eigenvalue weighted by Gasteiger charge is 2.30. The van der Waals surface area contributed by atoms with Crippen LogP contribution in [0.3, 0.4) is 0 Å². The average Bonchev–Trinajstić information content (AvgIpc) is 2.76. The summed E-state index contributed by atoms with van der Waals surface area (Å²) < 4.78 is 12.6. The molecule has 0 N–H and O–H groups in total. The third-order valence-corrected chi connectivity index (χ3v) is 8.56. The van der Waals surface area contributed by atoms with Crippen LogP contribution < -0.4 is 0 Å². The monoisotopic (exact) mass is 440 g/mol. The van der Waals surface area contributed by atoms with Crippen molar-refractivity contribution < 1.29 is 8.85 Å². The predicted molar refractivity (Wildman–Crippen MR) is 137 cm³/mol. The molecule has 0 bridgehead atoms. The summed E-state index contributed by atoms with van der Waals surface area (Å²) in [6.45, 7) is 13.7. The van der Waals surface area contributed by atoms with Gasteiger partial charge >= 0.3 is 8.56 Å². The van der Waals surface area contributed by atoms with Gasteiger partial charge in [-0.05, 0) is 31.5 Å². The Bertz CT molecular complexity index is 361. The summed E-state index contributed by atoms with van der Waals surface area (Å²) in [4.78, 5) is 0. The van der Waals surface area contributed by atoms with Gasteiger partial charge in [0.15, 0.2) is 0 Å². The van der Waals surface area contributed by atoms with E-state index in [0.29, 0.717) is 6.10 Å². The first-order valence-electron chi connectivity index (χ1n) is 13.6. The first-order chi connectivity index (χ1) is 14.6. The molecule has 2 atom stereocenters. The molecule has 0 aromatic rings. The Morgan fingerprint density at radius 1 is 0.667 bits per heavy atom. The first kappa shape index (κ1) is 29.9. The molecule has 0 spiro atoms. The van der Waals surface area contributed by atoms with E-state index in [4.69, 9.17) is 8.85 Å². The number of hydrogen-bond donors (Lipinski definition) is 0. The van der Waals surface area contributed by atoms with Crippen molar-refractivity contribution in [3.63, 3.8) is 0 Å². The summed E-state index contributed by atoms with van der Waals surface area (Å²) in [6, 6.07) is 0. The zero-order chi connectivity index (χ0) is 22.3. The van der Waals surface area contributed by atoms with Crippen LogP contribution in [0.5, 0.6) is 0 Å². The lowest BCUT2D eigenvalue weighted by Crippen LogP contribution is -2.40. The maximum absolute atomic E-state index is 6.36. The summed E-state index contributed by atoms with van der Waals surface area (Å²) in [5, 5.41) is 0. The topological polar surface area (TPSA) is 18.5 Å². The van der Waals surface area contributed by atoms with Gasteiger partial charge in [0.1, 0.15) is 0 Å². The molecule has 0 aliphatic rings. The SMILES string of the molecule is C=C[Si](C)(OCCCCCCCCCCCCCCCCC)OC(CC)CCCC. The molecule has 0 fully saturated rings. The Morgan fingerprint density at radius 3 is 1.50 bits per heavy atom. The van der Waals surface area contributed by atoms with Crippen LogP contribution >= 0.6 is 0 Å². The highest BCUT2D eigenvalue weighted by Crippen LogP contribution is 2.19. The molecule has 2 nitrogen and oxygen atoms in total. The highest BCUT2D eigenvalue weighted by atomic mass is 28.4. The molecular formula is C27H56O2Si. The van der Waals surface area contributed by atoms with Crippen LogP contribution in [0.2, 0.25) is 6.55 Å². The molecule has 0 aromatic carbocycles. The second-order valence-corrected chi connectivity index (χ2v) is 12.3. The van der Waals surface area contributed by atoms with E-state index >= 15 is 0 Å². The van der Waals surface area contributed by atoms with Crippen molar-refractivity contribution in [3.8, 4) is 0 Å².